The first-order valence-electron chi connectivity index (χ1n) is 3.85. The molecule has 0 aromatic carbocycles. The molecule has 70 valence electrons. The molecule has 0 saturated carbocycles. The fraction of sp³-hybridized carbons (Fsp3) is 0.250. The van der Waals surface area contributed by atoms with E-state index in [1.54, 1.807) is 0 Å². The molecule has 0 aliphatic heterocycles. The Hall–Kier alpha value is -0.740. The van der Waals surface area contributed by atoms with Gasteiger partial charge in [0.05, 0.1) is 5.39 Å². The third-order valence-corrected chi connectivity index (χ3v) is 3.44. The lowest BCUT2D eigenvalue weighted by Crippen LogP contribution is -1.81. The molecule has 2 aromatic rings. The molecular weight excluding hydrogens is 206 g/mol. The lowest BCUT2D eigenvalue weighted by Gasteiger charge is -2.07. The number of nitrogens with one attached hydrogen (secondary N) is 1. The maximum absolute atomic E-state index is 5.87. The predicted octanol–water partition coefficient (Wildman–Crippen LogP) is 2.23. The van der Waals surface area contributed by atoms with Crippen LogP contribution in [0.25, 0.3) is 11.0 Å². The molecule has 2 rings (SSSR count). The summed E-state index contributed by atoms with van der Waals surface area (Å²) in [5.41, 5.74) is 0.755. The van der Waals surface area contributed by atoms with Crippen LogP contribution in [0.15, 0.2) is 17.2 Å². The van der Waals surface area contributed by atoms with E-state index in [4.69, 9.17) is 11.6 Å². The van der Waals surface area contributed by atoms with Gasteiger partial charge < -0.3 is 0 Å². The number of H-pyrrole nitrogens is 1. The maximum atomic E-state index is 5.87. The fourth-order valence-electron chi connectivity index (χ4n) is 1.11. The Bertz CT molecular complexity index is 438. The molecule has 0 saturated heterocycles. The Balaban J connectivity index is 2.66. The summed E-state index contributed by atoms with van der Waals surface area (Å²) >= 11 is 5.87. The van der Waals surface area contributed by atoms with Gasteiger partial charge in [-0.3, -0.25) is 5.10 Å². The highest BCUT2D eigenvalue weighted by atomic mass is 35.5. The van der Waals surface area contributed by atoms with E-state index in [2.05, 4.69) is 33.8 Å². The topological polar surface area (TPSA) is 41.6 Å². The average molecular weight is 216 g/mol. The van der Waals surface area contributed by atoms with E-state index in [1.807, 2.05) is 6.20 Å². The number of halogens is 1. The van der Waals surface area contributed by atoms with E-state index >= 15 is 0 Å². The molecule has 1 N–H and O–H groups in total. The second kappa shape index (κ2) is 3.20. The van der Waals surface area contributed by atoms with Crippen molar-refractivity contribution in [2.75, 3.05) is 12.5 Å². The lowest BCUT2D eigenvalue weighted by molar-refractivity contribution is 1.09. The zero-order valence-corrected chi connectivity index (χ0v) is 9.02. The van der Waals surface area contributed by atoms with Crippen molar-refractivity contribution in [2.45, 2.75) is 4.90 Å². The minimum Gasteiger partial charge on any atom is -0.259 e. The predicted molar refractivity (Wildman–Crippen MR) is 58.0 cm³/mol. The maximum Gasteiger partial charge on any atom is 0.160 e. The zero-order valence-electron chi connectivity index (χ0n) is 7.37. The number of aromatic nitrogens is 3. The van der Waals surface area contributed by atoms with Gasteiger partial charge in [0, 0.05) is 11.1 Å². The second-order valence-corrected chi connectivity index (χ2v) is 5.66. The van der Waals surface area contributed by atoms with Crippen LogP contribution >= 0.6 is 22.5 Å². The van der Waals surface area contributed by atoms with Crippen LogP contribution in [0.4, 0.5) is 0 Å². The fourth-order valence-corrected chi connectivity index (χ4v) is 1.97. The van der Waals surface area contributed by atoms with E-state index in [0.29, 0.717) is 5.15 Å². The second-order valence-electron chi connectivity index (χ2n) is 3.00. The van der Waals surface area contributed by atoms with Crippen molar-refractivity contribution >= 4 is 33.5 Å². The summed E-state index contributed by atoms with van der Waals surface area (Å²) < 4.78 is 0. The minimum atomic E-state index is -0.125. The van der Waals surface area contributed by atoms with Gasteiger partial charge in [-0.05, 0) is 18.6 Å². The normalized spacial score (nSPS) is 12.1. The highest BCUT2D eigenvalue weighted by Gasteiger charge is 2.05. The van der Waals surface area contributed by atoms with E-state index in [-0.39, 0.29) is 10.9 Å². The summed E-state index contributed by atoms with van der Waals surface area (Å²) in [6, 6.07) is 2.06. The van der Waals surface area contributed by atoms with Gasteiger partial charge in [-0.2, -0.15) is 5.10 Å². The molecule has 0 bridgehead atoms. The Labute approximate surface area is 83.9 Å². The monoisotopic (exact) mass is 215 g/mol. The number of nitrogens with zero attached hydrogens (tertiary/aromatic N) is 2. The molecule has 2 heterocycles. The van der Waals surface area contributed by atoms with Crippen molar-refractivity contribution in [2.24, 2.45) is 0 Å². The highest BCUT2D eigenvalue weighted by Crippen LogP contribution is 2.30. The number of aromatic amines is 1. The third-order valence-electron chi connectivity index (χ3n) is 1.87. The zero-order chi connectivity index (χ0) is 9.42. The van der Waals surface area contributed by atoms with Gasteiger partial charge >= 0.3 is 0 Å². The summed E-state index contributed by atoms with van der Waals surface area (Å²) in [7, 11) is -0.125. The van der Waals surface area contributed by atoms with Gasteiger partial charge in [0.2, 0.25) is 0 Å². The molecule has 0 radical (unpaired) electrons. The Morgan fingerprint density at radius 1 is 1.46 bits per heavy atom. The molecular formula is C8H10ClN3S. The molecule has 0 amide bonds. The number of fused-ring (bicyclic) bond motifs is 1. The summed E-state index contributed by atoms with van der Waals surface area (Å²) in [6.07, 6.45) is 6.25. The molecule has 0 spiro atoms. The first-order valence-corrected chi connectivity index (χ1v) is 6.47. The van der Waals surface area contributed by atoms with Crippen LogP contribution in [-0.2, 0) is 0 Å². The number of thiol groups is 1. The molecule has 2 aromatic heterocycles. The van der Waals surface area contributed by atoms with Gasteiger partial charge in [0.15, 0.2) is 10.8 Å². The van der Waals surface area contributed by atoms with Crippen molar-refractivity contribution in [1.29, 1.82) is 0 Å². The van der Waals surface area contributed by atoms with Gasteiger partial charge in [-0.15, -0.1) is 0 Å². The standard InChI is InChI=1S/C8H10ClN3S/c1-13(2)5-3-6-7(9)11-12-8(6)10-4-5/h3-4,13H,1-2H3,(H,10,11,12). The summed E-state index contributed by atoms with van der Waals surface area (Å²) in [5, 5.41) is 8.06. The number of pyridine rings is 1. The van der Waals surface area contributed by atoms with Gasteiger partial charge in [0.1, 0.15) is 0 Å². The van der Waals surface area contributed by atoms with Crippen LogP contribution in [0.1, 0.15) is 0 Å². The van der Waals surface area contributed by atoms with Crippen molar-refractivity contribution < 1.29 is 0 Å². The number of hydrogen-bond donors (Lipinski definition) is 2. The first-order chi connectivity index (χ1) is 6.18. The van der Waals surface area contributed by atoms with Crippen LogP contribution in [-0.4, -0.2) is 27.7 Å². The highest BCUT2D eigenvalue weighted by molar-refractivity contribution is 8.15. The molecule has 5 heteroatoms. The Kier molecular flexibility index (Phi) is 2.17. The van der Waals surface area contributed by atoms with Crippen LogP contribution < -0.4 is 0 Å². The lowest BCUT2D eigenvalue weighted by atomic mass is 10.4. The largest absolute Gasteiger partial charge is 0.259 e. The first kappa shape index (κ1) is 8.84. The number of rotatable bonds is 1. The molecule has 3 nitrogen and oxygen atoms in total. The molecule has 0 atom stereocenters. The van der Waals surface area contributed by atoms with Crippen LogP contribution in [0.5, 0.6) is 0 Å². The average Bonchev–Trinajstić information content (AvgIpc) is 2.47. The van der Waals surface area contributed by atoms with E-state index < -0.39 is 0 Å². The van der Waals surface area contributed by atoms with Crippen LogP contribution in [0, 0.1) is 0 Å². The molecule has 0 aliphatic carbocycles. The molecule has 13 heavy (non-hydrogen) atoms. The Morgan fingerprint density at radius 3 is 2.92 bits per heavy atom. The minimum absolute atomic E-state index is 0.125. The van der Waals surface area contributed by atoms with Crippen molar-refractivity contribution in [3.05, 3.63) is 17.4 Å². The van der Waals surface area contributed by atoms with Crippen molar-refractivity contribution in [3.8, 4) is 0 Å². The van der Waals surface area contributed by atoms with E-state index in [0.717, 1.165) is 11.0 Å². The van der Waals surface area contributed by atoms with E-state index in [1.165, 1.54) is 4.90 Å². The van der Waals surface area contributed by atoms with Crippen molar-refractivity contribution in [1.82, 2.24) is 15.2 Å². The van der Waals surface area contributed by atoms with Crippen molar-refractivity contribution in [3.63, 3.8) is 0 Å². The third kappa shape index (κ3) is 1.51. The quantitative estimate of drug-likeness (QED) is 0.717. The van der Waals surface area contributed by atoms with Gasteiger partial charge in [-0.25, -0.2) is 15.9 Å². The SMILES string of the molecule is C[SH](C)c1cnc2[nH]nc(Cl)c2c1. The van der Waals surface area contributed by atoms with Gasteiger partial charge in [-0.1, -0.05) is 11.6 Å². The summed E-state index contributed by atoms with van der Waals surface area (Å²) in [4.78, 5) is 5.48. The molecule has 0 aliphatic rings. The number of hydrogen-bond acceptors (Lipinski definition) is 2. The molecule has 0 fully saturated rings. The summed E-state index contributed by atoms with van der Waals surface area (Å²) in [6.45, 7) is 0. The van der Waals surface area contributed by atoms with Crippen LogP contribution in [0.3, 0.4) is 0 Å². The smallest absolute Gasteiger partial charge is 0.160 e. The molecule has 0 unspecified atom stereocenters. The van der Waals surface area contributed by atoms with Gasteiger partial charge in [0.25, 0.3) is 0 Å². The Morgan fingerprint density at radius 2 is 2.23 bits per heavy atom. The van der Waals surface area contributed by atoms with E-state index in [9.17, 15) is 0 Å². The summed E-state index contributed by atoms with van der Waals surface area (Å²) in [5.74, 6) is 0. The van der Waals surface area contributed by atoms with Crippen LogP contribution in [0.2, 0.25) is 5.15 Å².